The summed E-state index contributed by atoms with van der Waals surface area (Å²) in [5, 5.41) is 4.13. The van der Waals surface area contributed by atoms with E-state index in [2.05, 4.69) is 15.3 Å². The molecule has 0 aliphatic carbocycles. The van der Waals surface area contributed by atoms with Crippen molar-refractivity contribution >= 4 is 28.7 Å². The highest BCUT2D eigenvalue weighted by Crippen LogP contribution is 2.27. The highest BCUT2D eigenvalue weighted by atomic mass is 16.6. The predicted octanol–water partition coefficient (Wildman–Crippen LogP) is 2.86. The lowest BCUT2D eigenvalue weighted by atomic mass is 10.0. The number of rotatable bonds is 4. The molecule has 1 fully saturated rings. The summed E-state index contributed by atoms with van der Waals surface area (Å²) in [5.74, 6) is -0.541. The summed E-state index contributed by atoms with van der Waals surface area (Å²) in [4.78, 5) is 33.4. The van der Waals surface area contributed by atoms with E-state index in [1.807, 2.05) is 26.8 Å². The number of hydrogen-bond donors (Lipinski definition) is 3. The number of fused-ring (bicyclic) bond motifs is 1. The molecule has 0 spiro atoms. The molecule has 2 aromatic heterocycles. The van der Waals surface area contributed by atoms with Crippen LogP contribution in [0.3, 0.4) is 0 Å². The first kappa shape index (κ1) is 19.0. The summed E-state index contributed by atoms with van der Waals surface area (Å²) < 4.78 is 5.55. The van der Waals surface area contributed by atoms with Crippen molar-refractivity contribution in [1.29, 1.82) is 0 Å². The summed E-state index contributed by atoms with van der Waals surface area (Å²) in [6.07, 6.45) is 5.81. The molecule has 8 heteroatoms. The Labute approximate surface area is 158 Å². The van der Waals surface area contributed by atoms with Gasteiger partial charge in [-0.1, -0.05) is 0 Å². The van der Waals surface area contributed by atoms with Gasteiger partial charge in [0.1, 0.15) is 11.2 Å². The molecule has 146 valence electrons. The molecule has 1 saturated heterocycles. The Balaban J connectivity index is 1.79. The first-order valence-electron chi connectivity index (χ1n) is 9.25. The zero-order valence-corrected chi connectivity index (χ0v) is 16.0. The minimum Gasteiger partial charge on any atom is -0.444 e. The quantitative estimate of drug-likeness (QED) is 0.762. The van der Waals surface area contributed by atoms with Gasteiger partial charge in [0.25, 0.3) is 5.91 Å². The van der Waals surface area contributed by atoms with Gasteiger partial charge in [-0.2, -0.15) is 0 Å². The first-order chi connectivity index (χ1) is 12.8. The summed E-state index contributed by atoms with van der Waals surface area (Å²) >= 11 is 0. The summed E-state index contributed by atoms with van der Waals surface area (Å²) in [5.41, 5.74) is 6.63. The number of amides is 2. The van der Waals surface area contributed by atoms with Gasteiger partial charge in [0.05, 0.1) is 17.3 Å². The summed E-state index contributed by atoms with van der Waals surface area (Å²) in [6.45, 7) is 6.76. The second kappa shape index (κ2) is 7.46. The average Bonchev–Trinajstić information content (AvgIpc) is 3.07. The van der Waals surface area contributed by atoms with E-state index >= 15 is 0 Å². The number of nitrogens with zero attached hydrogens (tertiary/aromatic N) is 2. The Bertz CT molecular complexity index is 839. The smallest absolute Gasteiger partial charge is 0.410 e. The predicted molar refractivity (Wildman–Crippen MR) is 104 cm³/mol. The van der Waals surface area contributed by atoms with Gasteiger partial charge in [0.2, 0.25) is 0 Å². The first-order valence-corrected chi connectivity index (χ1v) is 9.25. The van der Waals surface area contributed by atoms with E-state index in [0.717, 1.165) is 24.6 Å². The number of piperidine rings is 1. The molecule has 3 heterocycles. The molecule has 0 bridgehead atoms. The van der Waals surface area contributed by atoms with Crippen molar-refractivity contribution in [3.05, 3.63) is 24.0 Å². The van der Waals surface area contributed by atoms with Gasteiger partial charge in [-0.05, 0) is 46.1 Å². The normalized spacial score (nSPS) is 17.7. The minimum atomic E-state index is -0.541. The zero-order valence-electron chi connectivity index (χ0n) is 16.0. The lowest BCUT2D eigenvalue weighted by Crippen LogP contribution is -2.49. The molecule has 1 atom stereocenters. The number of H-pyrrole nitrogens is 1. The molecule has 0 radical (unpaired) electrons. The molecule has 2 amide bonds. The Morgan fingerprint density at radius 2 is 2.19 bits per heavy atom. The fourth-order valence-electron chi connectivity index (χ4n) is 3.38. The maximum absolute atomic E-state index is 12.6. The fraction of sp³-hybridized carbons (Fsp3) is 0.526. The molecule has 2 aromatic rings. The number of carbonyl (C=O) groups is 2. The van der Waals surface area contributed by atoms with Gasteiger partial charge < -0.3 is 25.7 Å². The number of nitrogens with two attached hydrogens (primary N) is 1. The Morgan fingerprint density at radius 3 is 2.89 bits per heavy atom. The van der Waals surface area contributed by atoms with Gasteiger partial charge in [-0.25, -0.2) is 9.78 Å². The molecular formula is C19H27N5O3. The number of aromatic nitrogens is 2. The van der Waals surface area contributed by atoms with E-state index < -0.39 is 11.5 Å². The maximum Gasteiger partial charge on any atom is 0.410 e. The van der Waals surface area contributed by atoms with Crippen LogP contribution in [0.2, 0.25) is 0 Å². The Hall–Kier alpha value is -2.77. The Kier molecular flexibility index (Phi) is 5.25. The highest BCUT2D eigenvalue weighted by molar-refractivity contribution is 6.05. The number of aromatic amines is 1. The fourth-order valence-corrected chi connectivity index (χ4v) is 3.38. The van der Waals surface area contributed by atoms with E-state index in [4.69, 9.17) is 10.5 Å². The van der Waals surface area contributed by atoms with Crippen molar-refractivity contribution in [2.75, 3.05) is 18.4 Å². The van der Waals surface area contributed by atoms with E-state index in [0.29, 0.717) is 30.0 Å². The maximum atomic E-state index is 12.6. The molecule has 0 aromatic carbocycles. The second-order valence-corrected chi connectivity index (χ2v) is 7.86. The molecule has 1 aliphatic heterocycles. The SMILES string of the molecule is CC(C)(C)OC(=O)N1CCCCC1CNc1c(C(N)=O)cnc2[nH]ccc12. The van der Waals surface area contributed by atoms with Crippen molar-refractivity contribution in [3.8, 4) is 0 Å². The van der Waals surface area contributed by atoms with Crippen LogP contribution in [-0.4, -0.2) is 51.6 Å². The summed E-state index contributed by atoms with van der Waals surface area (Å²) in [7, 11) is 0. The van der Waals surface area contributed by atoms with E-state index in [1.165, 1.54) is 6.20 Å². The monoisotopic (exact) mass is 373 g/mol. The second-order valence-electron chi connectivity index (χ2n) is 7.86. The third kappa shape index (κ3) is 4.32. The van der Waals surface area contributed by atoms with Crippen LogP contribution in [-0.2, 0) is 4.74 Å². The molecule has 3 rings (SSSR count). The lowest BCUT2D eigenvalue weighted by Gasteiger charge is -2.37. The molecule has 1 aliphatic rings. The van der Waals surface area contributed by atoms with Gasteiger partial charge in [0.15, 0.2) is 0 Å². The summed E-state index contributed by atoms with van der Waals surface area (Å²) in [6, 6.07) is 1.83. The zero-order chi connectivity index (χ0) is 19.6. The van der Waals surface area contributed by atoms with Crippen LogP contribution in [0.5, 0.6) is 0 Å². The van der Waals surface area contributed by atoms with Crippen molar-refractivity contribution in [3.63, 3.8) is 0 Å². The van der Waals surface area contributed by atoms with Crippen molar-refractivity contribution in [2.24, 2.45) is 5.73 Å². The van der Waals surface area contributed by atoms with Crippen LogP contribution in [0.25, 0.3) is 11.0 Å². The highest BCUT2D eigenvalue weighted by Gasteiger charge is 2.30. The number of ether oxygens (including phenoxy) is 1. The molecule has 8 nitrogen and oxygen atoms in total. The minimum absolute atomic E-state index is 0.0171. The Morgan fingerprint density at radius 1 is 1.41 bits per heavy atom. The van der Waals surface area contributed by atoms with Crippen LogP contribution in [0.4, 0.5) is 10.5 Å². The van der Waals surface area contributed by atoms with Gasteiger partial charge in [0, 0.05) is 30.9 Å². The number of anilines is 1. The molecular weight excluding hydrogens is 346 g/mol. The van der Waals surface area contributed by atoms with Gasteiger partial charge >= 0.3 is 6.09 Å². The van der Waals surface area contributed by atoms with Crippen molar-refractivity contribution < 1.29 is 14.3 Å². The average molecular weight is 373 g/mol. The van der Waals surface area contributed by atoms with Crippen LogP contribution in [0, 0.1) is 0 Å². The van der Waals surface area contributed by atoms with Crippen molar-refractivity contribution in [1.82, 2.24) is 14.9 Å². The van der Waals surface area contributed by atoms with Crippen LogP contribution in [0.1, 0.15) is 50.4 Å². The standard InChI is InChI=1S/C19H27N5O3/c1-19(2,3)27-18(26)24-9-5-4-6-12(24)10-22-15-13-7-8-21-17(13)23-11-14(15)16(20)25/h7-8,11-12H,4-6,9-10H2,1-3H3,(H2,20,25)(H2,21,22,23). The van der Waals surface area contributed by atoms with E-state index in [9.17, 15) is 9.59 Å². The van der Waals surface area contributed by atoms with Crippen molar-refractivity contribution in [2.45, 2.75) is 51.7 Å². The molecule has 4 N–H and O–H groups in total. The topological polar surface area (TPSA) is 113 Å². The third-order valence-corrected chi connectivity index (χ3v) is 4.62. The van der Waals surface area contributed by atoms with Gasteiger partial charge in [-0.3, -0.25) is 4.79 Å². The molecule has 1 unspecified atom stereocenters. The van der Waals surface area contributed by atoms with E-state index in [1.54, 1.807) is 11.1 Å². The molecule has 27 heavy (non-hydrogen) atoms. The number of nitrogens with one attached hydrogen (secondary N) is 2. The number of likely N-dealkylation sites (tertiary alicyclic amines) is 1. The van der Waals surface area contributed by atoms with Gasteiger partial charge in [-0.15, -0.1) is 0 Å². The molecule has 0 saturated carbocycles. The van der Waals surface area contributed by atoms with Crippen LogP contribution >= 0.6 is 0 Å². The number of primary amides is 1. The van der Waals surface area contributed by atoms with Crippen LogP contribution < -0.4 is 11.1 Å². The van der Waals surface area contributed by atoms with E-state index in [-0.39, 0.29) is 12.1 Å². The number of pyridine rings is 1. The number of carbonyl (C=O) groups excluding carboxylic acids is 2. The third-order valence-electron chi connectivity index (χ3n) is 4.62. The largest absolute Gasteiger partial charge is 0.444 e. The lowest BCUT2D eigenvalue weighted by molar-refractivity contribution is 0.0114. The van der Waals surface area contributed by atoms with Crippen LogP contribution in [0.15, 0.2) is 18.5 Å². The number of hydrogen-bond acceptors (Lipinski definition) is 5.